The summed E-state index contributed by atoms with van der Waals surface area (Å²) in [7, 11) is 0. The van der Waals surface area contributed by atoms with Gasteiger partial charge in [-0.15, -0.1) is 6.58 Å². The van der Waals surface area contributed by atoms with Crippen LogP contribution in [0.2, 0.25) is 0 Å². The van der Waals surface area contributed by atoms with E-state index in [1.54, 1.807) is 0 Å². The van der Waals surface area contributed by atoms with Crippen LogP contribution in [0.3, 0.4) is 0 Å². The molecule has 0 bridgehead atoms. The van der Waals surface area contributed by atoms with E-state index in [1.807, 2.05) is 18.2 Å². The number of nitrogens with two attached hydrogens (primary N) is 1. The predicted octanol–water partition coefficient (Wildman–Crippen LogP) is 4.87. The van der Waals surface area contributed by atoms with Crippen LogP contribution in [0.25, 0.3) is 0 Å². The van der Waals surface area contributed by atoms with Crippen LogP contribution >= 0.6 is 0 Å². The highest BCUT2D eigenvalue weighted by Crippen LogP contribution is 2.48. The molecule has 2 amide bonds. The number of carbonyl (C=O) groups excluding carboxylic acids is 2. The fraction of sp³-hybridized carbons (Fsp3) is 0.346. The Morgan fingerprint density at radius 1 is 1.19 bits per heavy atom. The first-order valence-corrected chi connectivity index (χ1v) is 10.8. The molecule has 2 atom stereocenters. The molecule has 3 rings (SSSR count). The molecule has 5 nitrogen and oxygen atoms in total. The summed E-state index contributed by atoms with van der Waals surface area (Å²) in [5.41, 5.74) is 9.27. The van der Waals surface area contributed by atoms with Gasteiger partial charge in [-0.2, -0.15) is 0 Å². The molecule has 1 aliphatic carbocycles. The van der Waals surface area contributed by atoms with Crippen LogP contribution in [0.4, 0.5) is 0 Å². The van der Waals surface area contributed by atoms with Crippen molar-refractivity contribution in [2.75, 3.05) is 0 Å². The minimum Gasteiger partial charge on any atom is -0.366 e. The standard InChI is InChI=1S/C26H31N3O2/c1-4-6-18-13-14-26(5-2,16-18)22-15-21(8-7-17(22)3)23(27)29-25(31)20-11-9-19(10-12-20)24(28)30/h4,7-12,15,18H,1,5-6,13-14,16H2,2-3H3,(H2,28,30)(H2,27,29,31). The molecule has 0 aliphatic heterocycles. The van der Waals surface area contributed by atoms with E-state index >= 15 is 0 Å². The van der Waals surface area contributed by atoms with Gasteiger partial charge in [-0.25, -0.2) is 0 Å². The van der Waals surface area contributed by atoms with E-state index < -0.39 is 5.91 Å². The molecule has 0 aromatic heterocycles. The third-order valence-corrected chi connectivity index (χ3v) is 6.66. The summed E-state index contributed by atoms with van der Waals surface area (Å²) in [6, 6.07) is 12.1. The van der Waals surface area contributed by atoms with Crippen LogP contribution < -0.4 is 11.1 Å². The Hall–Kier alpha value is -3.21. The van der Waals surface area contributed by atoms with Crippen molar-refractivity contribution in [3.05, 3.63) is 82.9 Å². The van der Waals surface area contributed by atoms with Gasteiger partial charge < -0.3 is 11.1 Å². The number of primary amides is 1. The van der Waals surface area contributed by atoms with Gasteiger partial charge in [0.25, 0.3) is 5.91 Å². The molecule has 0 saturated heterocycles. The van der Waals surface area contributed by atoms with Gasteiger partial charge in [-0.3, -0.25) is 15.0 Å². The van der Waals surface area contributed by atoms with Crippen LogP contribution in [0, 0.1) is 18.3 Å². The van der Waals surface area contributed by atoms with Crippen molar-refractivity contribution in [1.29, 1.82) is 5.41 Å². The van der Waals surface area contributed by atoms with E-state index in [1.165, 1.54) is 41.8 Å². The minimum absolute atomic E-state index is 0.0668. The third-order valence-electron chi connectivity index (χ3n) is 6.66. The van der Waals surface area contributed by atoms with Crippen molar-refractivity contribution < 1.29 is 9.59 Å². The summed E-state index contributed by atoms with van der Waals surface area (Å²) in [4.78, 5) is 23.8. The van der Waals surface area contributed by atoms with Gasteiger partial charge in [0.2, 0.25) is 5.91 Å². The second kappa shape index (κ2) is 9.29. The molecule has 5 heteroatoms. The molecular weight excluding hydrogens is 386 g/mol. The maximum Gasteiger partial charge on any atom is 0.256 e. The fourth-order valence-corrected chi connectivity index (χ4v) is 4.82. The number of aryl methyl sites for hydroxylation is 1. The highest BCUT2D eigenvalue weighted by Gasteiger charge is 2.39. The Balaban J connectivity index is 1.80. The van der Waals surface area contributed by atoms with Crippen molar-refractivity contribution in [1.82, 2.24) is 5.32 Å². The Bertz CT molecular complexity index is 1010. The van der Waals surface area contributed by atoms with Gasteiger partial charge in [-0.05, 0) is 91.8 Å². The Kier molecular flexibility index (Phi) is 6.74. The Morgan fingerprint density at radius 3 is 2.45 bits per heavy atom. The second-order valence-corrected chi connectivity index (χ2v) is 8.57. The average molecular weight is 418 g/mol. The molecule has 1 saturated carbocycles. The molecule has 2 aromatic carbocycles. The van der Waals surface area contributed by atoms with Crippen molar-refractivity contribution >= 4 is 17.6 Å². The van der Waals surface area contributed by atoms with Crippen LogP contribution in [0.15, 0.2) is 55.1 Å². The summed E-state index contributed by atoms with van der Waals surface area (Å²) >= 11 is 0. The first-order valence-electron chi connectivity index (χ1n) is 10.8. The summed E-state index contributed by atoms with van der Waals surface area (Å²) in [5.74, 6) is -0.209. The predicted molar refractivity (Wildman–Crippen MR) is 125 cm³/mol. The van der Waals surface area contributed by atoms with E-state index in [-0.39, 0.29) is 17.2 Å². The smallest absolute Gasteiger partial charge is 0.256 e. The quantitative estimate of drug-likeness (QED) is 0.340. The average Bonchev–Trinajstić information content (AvgIpc) is 3.18. The van der Waals surface area contributed by atoms with E-state index in [4.69, 9.17) is 11.1 Å². The SMILES string of the molecule is C=CCC1CCC(CC)(c2cc(C(=N)NC(=O)c3ccc(C(N)=O)cc3)ccc2C)C1. The van der Waals surface area contributed by atoms with Crippen LogP contribution in [0.5, 0.6) is 0 Å². The van der Waals surface area contributed by atoms with Crippen LogP contribution in [-0.4, -0.2) is 17.6 Å². The number of carbonyl (C=O) groups is 2. The molecule has 0 spiro atoms. The summed E-state index contributed by atoms with van der Waals surface area (Å²) in [6.07, 6.45) is 7.57. The highest BCUT2D eigenvalue weighted by molar-refractivity contribution is 6.11. The third kappa shape index (κ3) is 4.76. The largest absolute Gasteiger partial charge is 0.366 e. The lowest BCUT2D eigenvalue weighted by Gasteiger charge is -2.31. The Labute approximate surface area is 184 Å². The molecule has 31 heavy (non-hydrogen) atoms. The zero-order valence-corrected chi connectivity index (χ0v) is 18.3. The van der Waals surface area contributed by atoms with Gasteiger partial charge in [0.1, 0.15) is 5.84 Å². The van der Waals surface area contributed by atoms with Gasteiger partial charge >= 0.3 is 0 Å². The van der Waals surface area contributed by atoms with E-state index in [0.29, 0.717) is 22.6 Å². The van der Waals surface area contributed by atoms with Crippen molar-refractivity contribution in [3.63, 3.8) is 0 Å². The number of hydrogen-bond donors (Lipinski definition) is 3. The van der Waals surface area contributed by atoms with Crippen molar-refractivity contribution in [2.24, 2.45) is 11.7 Å². The van der Waals surface area contributed by atoms with Gasteiger partial charge in [0.05, 0.1) is 0 Å². The minimum atomic E-state index is -0.543. The number of benzene rings is 2. The van der Waals surface area contributed by atoms with E-state index in [0.717, 1.165) is 25.7 Å². The number of amidine groups is 1. The van der Waals surface area contributed by atoms with Gasteiger partial charge in [0, 0.05) is 16.7 Å². The molecule has 2 aromatic rings. The normalized spacial score (nSPS) is 20.3. The molecule has 0 radical (unpaired) electrons. The number of allylic oxidation sites excluding steroid dienone is 1. The first kappa shape index (κ1) is 22.5. The molecule has 162 valence electrons. The number of amides is 2. The first-order chi connectivity index (χ1) is 14.8. The molecule has 1 fully saturated rings. The molecular formula is C26H31N3O2. The van der Waals surface area contributed by atoms with Crippen molar-refractivity contribution in [2.45, 2.75) is 51.4 Å². The molecule has 0 heterocycles. The van der Waals surface area contributed by atoms with E-state index in [9.17, 15) is 9.59 Å². The lowest BCUT2D eigenvalue weighted by molar-refractivity contribution is 0.0972. The van der Waals surface area contributed by atoms with Gasteiger partial charge in [0.15, 0.2) is 0 Å². The monoisotopic (exact) mass is 417 g/mol. The molecule has 1 aliphatic rings. The van der Waals surface area contributed by atoms with Gasteiger partial charge in [-0.1, -0.05) is 25.1 Å². The maximum absolute atomic E-state index is 12.6. The number of hydrogen-bond acceptors (Lipinski definition) is 3. The molecule has 4 N–H and O–H groups in total. The van der Waals surface area contributed by atoms with Crippen LogP contribution in [-0.2, 0) is 5.41 Å². The lowest BCUT2D eigenvalue weighted by Crippen LogP contribution is -2.31. The number of rotatable bonds is 7. The Morgan fingerprint density at radius 2 is 1.84 bits per heavy atom. The highest BCUT2D eigenvalue weighted by atomic mass is 16.2. The number of nitrogens with one attached hydrogen (secondary N) is 2. The summed E-state index contributed by atoms with van der Waals surface area (Å²) in [6.45, 7) is 8.27. The topological polar surface area (TPSA) is 96.0 Å². The molecule has 2 unspecified atom stereocenters. The summed E-state index contributed by atoms with van der Waals surface area (Å²) < 4.78 is 0. The fourth-order valence-electron chi connectivity index (χ4n) is 4.82. The zero-order valence-electron chi connectivity index (χ0n) is 18.3. The zero-order chi connectivity index (χ0) is 22.6. The van der Waals surface area contributed by atoms with E-state index in [2.05, 4.69) is 31.8 Å². The van der Waals surface area contributed by atoms with Crippen molar-refractivity contribution in [3.8, 4) is 0 Å². The lowest BCUT2D eigenvalue weighted by atomic mass is 9.73. The maximum atomic E-state index is 12.6. The summed E-state index contributed by atoms with van der Waals surface area (Å²) in [5, 5.41) is 11.1. The second-order valence-electron chi connectivity index (χ2n) is 8.57. The van der Waals surface area contributed by atoms with Crippen LogP contribution in [0.1, 0.15) is 76.4 Å².